The summed E-state index contributed by atoms with van der Waals surface area (Å²) in [5, 5.41) is 3.25. The Balaban J connectivity index is 2.51. The van der Waals surface area contributed by atoms with Crippen LogP contribution in [0.5, 0.6) is 5.88 Å². The fraction of sp³-hybridized carbons (Fsp3) is 0.692. The second-order valence-corrected chi connectivity index (χ2v) is 4.35. The van der Waals surface area contributed by atoms with E-state index in [-0.39, 0.29) is 0 Å². The Labute approximate surface area is 115 Å². The highest BCUT2D eigenvalue weighted by Gasteiger charge is 2.10. The van der Waals surface area contributed by atoms with Gasteiger partial charge in [-0.1, -0.05) is 13.8 Å². The fourth-order valence-electron chi connectivity index (χ4n) is 1.90. The van der Waals surface area contributed by atoms with Crippen LogP contribution in [0.15, 0.2) is 0 Å². The van der Waals surface area contributed by atoms with E-state index < -0.39 is 0 Å². The molecule has 0 saturated carbocycles. The minimum Gasteiger partial charge on any atom is -0.479 e. The first-order chi connectivity index (χ1) is 9.12. The van der Waals surface area contributed by atoms with Crippen LogP contribution in [0.2, 0.25) is 0 Å². The van der Waals surface area contributed by atoms with Crippen LogP contribution in [0.4, 0.5) is 11.5 Å². The second kappa shape index (κ2) is 7.78. The van der Waals surface area contributed by atoms with Crippen LogP contribution >= 0.6 is 0 Å². The van der Waals surface area contributed by atoms with E-state index in [4.69, 9.17) is 10.5 Å². The van der Waals surface area contributed by atoms with Crippen LogP contribution in [0.25, 0.3) is 0 Å². The number of nitrogens with two attached hydrogens (primary N) is 1. The maximum atomic E-state index is 5.93. The van der Waals surface area contributed by atoms with Crippen molar-refractivity contribution in [3.05, 3.63) is 5.82 Å². The Morgan fingerprint density at radius 1 is 1.26 bits per heavy atom. The molecule has 0 aromatic carbocycles. The Hall–Kier alpha value is -1.56. The third kappa shape index (κ3) is 4.55. The van der Waals surface area contributed by atoms with Crippen molar-refractivity contribution < 1.29 is 4.74 Å². The number of hydrogen-bond donors (Lipinski definition) is 2. The highest BCUT2D eigenvalue weighted by Crippen LogP contribution is 2.25. The third-order valence-electron chi connectivity index (χ3n) is 3.05. The van der Waals surface area contributed by atoms with Gasteiger partial charge in [0, 0.05) is 6.54 Å². The zero-order valence-corrected chi connectivity index (χ0v) is 12.4. The zero-order chi connectivity index (χ0) is 14.3. The van der Waals surface area contributed by atoms with Gasteiger partial charge < -0.3 is 20.7 Å². The third-order valence-corrected chi connectivity index (χ3v) is 3.05. The minimum absolute atomic E-state index is 0.429. The summed E-state index contributed by atoms with van der Waals surface area (Å²) in [5.41, 5.74) is 6.40. The molecule has 19 heavy (non-hydrogen) atoms. The van der Waals surface area contributed by atoms with E-state index in [1.54, 1.807) is 7.11 Å². The molecule has 6 nitrogen and oxygen atoms in total. The molecule has 0 fully saturated rings. The van der Waals surface area contributed by atoms with E-state index in [0.29, 0.717) is 23.2 Å². The van der Waals surface area contributed by atoms with Crippen molar-refractivity contribution in [1.82, 2.24) is 14.9 Å². The van der Waals surface area contributed by atoms with E-state index >= 15 is 0 Å². The van der Waals surface area contributed by atoms with Gasteiger partial charge in [-0.05, 0) is 33.0 Å². The summed E-state index contributed by atoms with van der Waals surface area (Å²) < 4.78 is 5.12. The molecule has 0 radical (unpaired) electrons. The Morgan fingerprint density at radius 3 is 2.53 bits per heavy atom. The van der Waals surface area contributed by atoms with Gasteiger partial charge >= 0.3 is 0 Å². The number of nitrogens with one attached hydrogen (secondary N) is 1. The van der Waals surface area contributed by atoms with Crippen LogP contribution in [-0.4, -0.2) is 48.2 Å². The van der Waals surface area contributed by atoms with Gasteiger partial charge in [0.05, 0.1) is 7.11 Å². The number of methoxy groups -OCH3 is 1. The maximum Gasteiger partial charge on any atom is 0.242 e. The smallest absolute Gasteiger partial charge is 0.242 e. The number of ether oxygens (including phenoxy) is 1. The summed E-state index contributed by atoms with van der Waals surface area (Å²) in [6.07, 6.45) is 1.05. The Kier molecular flexibility index (Phi) is 6.35. The number of aromatic nitrogens is 2. The van der Waals surface area contributed by atoms with Crippen molar-refractivity contribution in [3.8, 4) is 5.88 Å². The van der Waals surface area contributed by atoms with E-state index in [1.807, 2.05) is 6.92 Å². The Morgan fingerprint density at radius 2 is 1.95 bits per heavy atom. The predicted octanol–water partition coefficient (Wildman–Crippen LogP) is 1.52. The molecule has 0 unspecified atom stereocenters. The molecule has 0 aliphatic rings. The lowest BCUT2D eigenvalue weighted by molar-refractivity contribution is 0.303. The van der Waals surface area contributed by atoms with Gasteiger partial charge in [0.25, 0.3) is 0 Å². The van der Waals surface area contributed by atoms with Crippen molar-refractivity contribution in [2.24, 2.45) is 0 Å². The molecular formula is C13H25N5O. The molecule has 0 aliphatic heterocycles. The average Bonchev–Trinajstić information content (AvgIpc) is 2.42. The molecule has 6 heteroatoms. The largest absolute Gasteiger partial charge is 0.479 e. The SMILES string of the molecule is CCN(CC)CCCNc1nc(C)nc(OC)c1N. The van der Waals surface area contributed by atoms with Crippen molar-refractivity contribution in [3.63, 3.8) is 0 Å². The normalized spacial score (nSPS) is 10.8. The lowest BCUT2D eigenvalue weighted by atomic mass is 10.3. The molecule has 0 amide bonds. The predicted molar refractivity (Wildman–Crippen MR) is 78.6 cm³/mol. The quantitative estimate of drug-likeness (QED) is 0.695. The van der Waals surface area contributed by atoms with Gasteiger partial charge in [0.1, 0.15) is 11.5 Å². The summed E-state index contributed by atoms with van der Waals surface area (Å²) >= 11 is 0. The monoisotopic (exact) mass is 267 g/mol. The van der Waals surface area contributed by atoms with Crippen molar-refractivity contribution in [1.29, 1.82) is 0 Å². The summed E-state index contributed by atoms with van der Waals surface area (Å²) in [6, 6.07) is 0. The molecule has 1 aromatic rings. The van der Waals surface area contributed by atoms with E-state index in [9.17, 15) is 0 Å². The topological polar surface area (TPSA) is 76.3 Å². The average molecular weight is 267 g/mol. The number of nitrogens with zero attached hydrogens (tertiary/aromatic N) is 3. The van der Waals surface area contributed by atoms with Crippen LogP contribution < -0.4 is 15.8 Å². The van der Waals surface area contributed by atoms with Crippen LogP contribution in [0.1, 0.15) is 26.1 Å². The second-order valence-electron chi connectivity index (χ2n) is 4.35. The first-order valence-corrected chi connectivity index (χ1v) is 6.76. The number of nitrogen functional groups attached to an aromatic ring is 1. The molecule has 3 N–H and O–H groups in total. The summed E-state index contributed by atoms with van der Waals surface area (Å²) in [7, 11) is 1.56. The molecular weight excluding hydrogens is 242 g/mol. The molecule has 1 heterocycles. The minimum atomic E-state index is 0.429. The summed E-state index contributed by atoms with van der Waals surface area (Å²) in [6.45, 7) is 10.2. The van der Waals surface area contributed by atoms with Crippen molar-refractivity contribution >= 4 is 11.5 Å². The molecule has 1 aromatic heterocycles. The van der Waals surface area contributed by atoms with Gasteiger partial charge in [0.2, 0.25) is 5.88 Å². The lowest BCUT2D eigenvalue weighted by Crippen LogP contribution is -2.25. The first-order valence-electron chi connectivity index (χ1n) is 6.76. The number of aryl methyl sites for hydroxylation is 1. The van der Waals surface area contributed by atoms with Gasteiger partial charge in [-0.15, -0.1) is 0 Å². The standard InChI is InChI=1S/C13H25N5O/c1-5-18(6-2)9-7-8-15-12-11(14)13(19-4)17-10(3)16-12/h5-9,14H2,1-4H3,(H,15,16,17). The molecule has 0 bridgehead atoms. The molecule has 0 spiro atoms. The highest BCUT2D eigenvalue weighted by atomic mass is 16.5. The molecule has 0 aliphatic carbocycles. The van der Waals surface area contributed by atoms with Gasteiger partial charge in [-0.3, -0.25) is 0 Å². The number of rotatable bonds is 8. The van der Waals surface area contributed by atoms with Crippen LogP contribution in [0.3, 0.4) is 0 Å². The fourth-order valence-corrected chi connectivity index (χ4v) is 1.90. The lowest BCUT2D eigenvalue weighted by Gasteiger charge is -2.18. The van der Waals surface area contributed by atoms with E-state index in [2.05, 4.69) is 34.0 Å². The van der Waals surface area contributed by atoms with Gasteiger partial charge in [-0.25, -0.2) is 4.98 Å². The number of anilines is 2. The van der Waals surface area contributed by atoms with E-state index in [1.165, 1.54) is 0 Å². The van der Waals surface area contributed by atoms with Gasteiger partial charge in [0.15, 0.2) is 5.82 Å². The van der Waals surface area contributed by atoms with Crippen molar-refractivity contribution in [2.75, 3.05) is 44.3 Å². The summed E-state index contributed by atoms with van der Waals surface area (Å²) in [4.78, 5) is 10.8. The summed E-state index contributed by atoms with van der Waals surface area (Å²) in [5.74, 6) is 1.74. The van der Waals surface area contributed by atoms with Crippen molar-refractivity contribution in [2.45, 2.75) is 27.2 Å². The molecule has 1 rings (SSSR count). The number of hydrogen-bond acceptors (Lipinski definition) is 6. The molecule has 0 saturated heterocycles. The van der Waals surface area contributed by atoms with E-state index in [0.717, 1.165) is 32.6 Å². The zero-order valence-electron chi connectivity index (χ0n) is 12.4. The first kappa shape index (κ1) is 15.5. The Bertz CT molecular complexity index is 393. The van der Waals surface area contributed by atoms with Crippen LogP contribution in [0, 0.1) is 6.92 Å². The van der Waals surface area contributed by atoms with Gasteiger partial charge in [-0.2, -0.15) is 4.98 Å². The highest BCUT2D eigenvalue weighted by molar-refractivity contribution is 5.66. The van der Waals surface area contributed by atoms with Crippen LogP contribution in [-0.2, 0) is 0 Å². The molecule has 108 valence electrons. The molecule has 0 atom stereocenters. The maximum absolute atomic E-state index is 5.93.